The lowest BCUT2D eigenvalue weighted by atomic mass is 10.3. The summed E-state index contributed by atoms with van der Waals surface area (Å²) in [7, 11) is 0. The molecule has 4 heteroatoms. The second-order valence-corrected chi connectivity index (χ2v) is 3.57. The average Bonchev–Trinajstić information content (AvgIpc) is 3.03. The van der Waals surface area contributed by atoms with Crippen LogP contribution in [0.2, 0.25) is 0 Å². The Kier molecular flexibility index (Phi) is 2.85. The van der Waals surface area contributed by atoms with Gasteiger partial charge in [-0.1, -0.05) is 0 Å². The van der Waals surface area contributed by atoms with Crippen LogP contribution in [-0.4, -0.2) is 23.6 Å². The first-order chi connectivity index (χ1) is 7.29. The van der Waals surface area contributed by atoms with E-state index in [1.165, 1.54) is 12.8 Å². The van der Waals surface area contributed by atoms with Gasteiger partial charge >= 0.3 is 5.97 Å². The first-order valence-corrected chi connectivity index (χ1v) is 5.19. The normalized spacial score (nSPS) is 14.7. The Labute approximate surface area is 88.7 Å². The Morgan fingerprint density at radius 1 is 1.60 bits per heavy atom. The van der Waals surface area contributed by atoms with Gasteiger partial charge in [0.15, 0.2) is 0 Å². The van der Waals surface area contributed by atoms with Crippen LogP contribution in [0.3, 0.4) is 0 Å². The molecule has 1 aliphatic carbocycles. The summed E-state index contributed by atoms with van der Waals surface area (Å²) >= 11 is 0. The number of nitrogens with one attached hydrogen (secondary N) is 1. The molecule has 0 saturated heterocycles. The van der Waals surface area contributed by atoms with Crippen LogP contribution in [-0.2, 0) is 4.74 Å². The van der Waals surface area contributed by atoms with Gasteiger partial charge in [-0.15, -0.1) is 0 Å². The summed E-state index contributed by atoms with van der Waals surface area (Å²) in [6.45, 7) is 2.18. The highest BCUT2D eigenvalue weighted by Crippen LogP contribution is 2.23. The minimum Gasteiger partial charge on any atom is -0.462 e. The van der Waals surface area contributed by atoms with Gasteiger partial charge in [0.2, 0.25) is 0 Å². The fourth-order valence-electron chi connectivity index (χ4n) is 1.25. The smallest absolute Gasteiger partial charge is 0.339 e. The van der Waals surface area contributed by atoms with E-state index in [1.807, 2.05) is 6.07 Å². The van der Waals surface area contributed by atoms with E-state index >= 15 is 0 Å². The van der Waals surface area contributed by atoms with E-state index in [0.29, 0.717) is 18.2 Å². The van der Waals surface area contributed by atoms with Crippen LogP contribution in [0, 0.1) is 0 Å². The summed E-state index contributed by atoms with van der Waals surface area (Å²) in [6.07, 6.45) is 3.96. The van der Waals surface area contributed by atoms with E-state index < -0.39 is 0 Å². The Balaban J connectivity index is 1.99. The van der Waals surface area contributed by atoms with Gasteiger partial charge in [-0.25, -0.2) is 9.78 Å². The summed E-state index contributed by atoms with van der Waals surface area (Å²) < 4.78 is 4.86. The molecule has 0 radical (unpaired) electrons. The topological polar surface area (TPSA) is 51.2 Å². The fourth-order valence-corrected chi connectivity index (χ4v) is 1.25. The van der Waals surface area contributed by atoms with Gasteiger partial charge in [0.05, 0.1) is 12.2 Å². The summed E-state index contributed by atoms with van der Waals surface area (Å²) in [5, 5.41) is 3.25. The van der Waals surface area contributed by atoms with Crippen molar-refractivity contribution in [3.8, 4) is 0 Å². The molecule has 0 aromatic carbocycles. The summed E-state index contributed by atoms with van der Waals surface area (Å²) in [5.74, 6) is 0.508. The molecule has 1 N–H and O–H groups in total. The fraction of sp³-hybridized carbons (Fsp3) is 0.455. The second-order valence-electron chi connectivity index (χ2n) is 3.57. The third kappa shape index (κ3) is 2.68. The molecule has 15 heavy (non-hydrogen) atoms. The highest BCUT2D eigenvalue weighted by molar-refractivity contribution is 5.89. The number of hydrogen-bond donors (Lipinski definition) is 1. The van der Waals surface area contributed by atoms with Crippen LogP contribution in [0.1, 0.15) is 30.1 Å². The molecule has 0 atom stereocenters. The van der Waals surface area contributed by atoms with Crippen molar-refractivity contribution in [3.05, 3.63) is 23.9 Å². The SMILES string of the molecule is CCOC(=O)c1ccc(NC2CC2)nc1. The first kappa shape index (κ1) is 9.96. The highest BCUT2D eigenvalue weighted by atomic mass is 16.5. The molecule has 80 valence electrons. The number of pyridine rings is 1. The number of carbonyl (C=O) groups is 1. The number of aromatic nitrogens is 1. The lowest BCUT2D eigenvalue weighted by Gasteiger charge is -2.04. The van der Waals surface area contributed by atoms with E-state index in [2.05, 4.69) is 10.3 Å². The Hall–Kier alpha value is -1.58. The molecule has 0 spiro atoms. The van der Waals surface area contributed by atoms with E-state index in [1.54, 1.807) is 19.2 Å². The molecule has 1 aliphatic rings. The number of rotatable bonds is 4. The molecule has 1 fully saturated rings. The molecular formula is C11H14N2O2. The molecule has 0 amide bonds. The molecular weight excluding hydrogens is 192 g/mol. The summed E-state index contributed by atoms with van der Waals surface area (Å²) in [5.41, 5.74) is 0.498. The number of anilines is 1. The largest absolute Gasteiger partial charge is 0.462 e. The van der Waals surface area contributed by atoms with Crippen LogP contribution < -0.4 is 5.32 Å². The lowest BCUT2D eigenvalue weighted by Crippen LogP contribution is -2.07. The van der Waals surface area contributed by atoms with Crippen molar-refractivity contribution in [3.63, 3.8) is 0 Å². The third-order valence-electron chi connectivity index (χ3n) is 2.20. The zero-order valence-electron chi connectivity index (χ0n) is 8.69. The highest BCUT2D eigenvalue weighted by Gasteiger charge is 2.21. The number of carbonyl (C=O) groups excluding carboxylic acids is 1. The molecule has 0 aliphatic heterocycles. The van der Waals surface area contributed by atoms with E-state index in [0.717, 1.165) is 5.82 Å². The van der Waals surface area contributed by atoms with E-state index in [4.69, 9.17) is 4.74 Å². The number of hydrogen-bond acceptors (Lipinski definition) is 4. The van der Waals surface area contributed by atoms with Crippen LogP contribution in [0.15, 0.2) is 18.3 Å². The number of ether oxygens (including phenoxy) is 1. The lowest BCUT2D eigenvalue weighted by molar-refractivity contribution is 0.0526. The van der Waals surface area contributed by atoms with Gasteiger partial charge in [-0.05, 0) is 31.9 Å². The minimum atomic E-state index is -0.317. The molecule has 1 aromatic rings. The Morgan fingerprint density at radius 2 is 2.40 bits per heavy atom. The predicted molar refractivity (Wildman–Crippen MR) is 56.8 cm³/mol. The van der Waals surface area contributed by atoms with E-state index in [-0.39, 0.29) is 5.97 Å². The molecule has 1 aromatic heterocycles. The van der Waals surface area contributed by atoms with Crippen molar-refractivity contribution >= 4 is 11.8 Å². The predicted octanol–water partition coefficient (Wildman–Crippen LogP) is 1.83. The standard InChI is InChI=1S/C11H14N2O2/c1-2-15-11(14)8-3-6-10(12-7-8)13-9-4-5-9/h3,6-7,9H,2,4-5H2,1H3,(H,12,13). The maximum atomic E-state index is 11.3. The quantitative estimate of drug-likeness (QED) is 0.763. The molecule has 0 bridgehead atoms. The molecule has 1 saturated carbocycles. The van der Waals surface area contributed by atoms with Crippen molar-refractivity contribution in [2.75, 3.05) is 11.9 Å². The van der Waals surface area contributed by atoms with Crippen LogP contribution in [0.5, 0.6) is 0 Å². The second kappa shape index (κ2) is 4.29. The maximum absolute atomic E-state index is 11.3. The Bertz CT molecular complexity index is 344. The summed E-state index contributed by atoms with van der Waals surface area (Å²) in [6, 6.07) is 4.12. The van der Waals surface area contributed by atoms with Crippen LogP contribution in [0.25, 0.3) is 0 Å². The third-order valence-corrected chi connectivity index (χ3v) is 2.20. The van der Waals surface area contributed by atoms with Crippen LogP contribution in [0.4, 0.5) is 5.82 Å². The van der Waals surface area contributed by atoms with Gasteiger partial charge < -0.3 is 10.1 Å². The monoisotopic (exact) mass is 206 g/mol. The van der Waals surface area contributed by atoms with Gasteiger partial charge in [0, 0.05) is 12.2 Å². The molecule has 1 heterocycles. The van der Waals surface area contributed by atoms with Gasteiger partial charge in [-0.2, -0.15) is 0 Å². The van der Waals surface area contributed by atoms with E-state index in [9.17, 15) is 4.79 Å². The minimum absolute atomic E-state index is 0.317. The van der Waals surface area contributed by atoms with Gasteiger partial charge in [0.25, 0.3) is 0 Å². The zero-order valence-corrected chi connectivity index (χ0v) is 8.69. The maximum Gasteiger partial charge on any atom is 0.339 e. The number of esters is 1. The Morgan fingerprint density at radius 3 is 2.93 bits per heavy atom. The first-order valence-electron chi connectivity index (χ1n) is 5.19. The van der Waals surface area contributed by atoms with Crippen molar-refractivity contribution < 1.29 is 9.53 Å². The van der Waals surface area contributed by atoms with Crippen molar-refractivity contribution in [1.29, 1.82) is 0 Å². The van der Waals surface area contributed by atoms with Crippen LogP contribution >= 0.6 is 0 Å². The van der Waals surface area contributed by atoms with Gasteiger partial charge in [-0.3, -0.25) is 0 Å². The molecule has 4 nitrogen and oxygen atoms in total. The van der Waals surface area contributed by atoms with Crippen molar-refractivity contribution in [2.45, 2.75) is 25.8 Å². The average molecular weight is 206 g/mol. The van der Waals surface area contributed by atoms with Crippen molar-refractivity contribution in [1.82, 2.24) is 4.98 Å². The van der Waals surface area contributed by atoms with Gasteiger partial charge in [0.1, 0.15) is 5.82 Å². The van der Waals surface area contributed by atoms with Crippen molar-refractivity contribution in [2.24, 2.45) is 0 Å². The zero-order chi connectivity index (χ0) is 10.7. The molecule has 2 rings (SSSR count). The summed E-state index contributed by atoms with van der Waals surface area (Å²) in [4.78, 5) is 15.5. The number of nitrogens with zero attached hydrogens (tertiary/aromatic N) is 1. The molecule has 0 unspecified atom stereocenters.